The number of carbonyl (C=O) groups is 1. The van der Waals surface area contributed by atoms with Crippen molar-refractivity contribution in [1.82, 2.24) is 9.97 Å². The zero-order valence-electron chi connectivity index (χ0n) is 16.7. The van der Waals surface area contributed by atoms with Crippen molar-refractivity contribution < 1.29 is 18.3 Å². The summed E-state index contributed by atoms with van der Waals surface area (Å²) in [5.41, 5.74) is 2.00. The molecule has 1 atom stereocenters. The van der Waals surface area contributed by atoms with Crippen molar-refractivity contribution >= 4 is 28.3 Å². The van der Waals surface area contributed by atoms with Crippen LogP contribution in [-0.4, -0.2) is 35.6 Å². The second-order valence-electron chi connectivity index (χ2n) is 7.27. The molecule has 1 unspecified atom stereocenters. The minimum atomic E-state index is -2.79. The Kier molecular flexibility index (Phi) is 5.48. The maximum atomic E-state index is 13.4. The zero-order valence-corrected chi connectivity index (χ0v) is 16.7. The minimum absolute atomic E-state index is 0.224. The first kappa shape index (κ1) is 20.0. The van der Waals surface area contributed by atoms with E-state index in [-0.39, 0.29) is 5.91 Å². The normalized spacial score (nSPS) is 16.3. The maximum Gasteiger partial charge on any atom is 0.297 e. The summed E-state index contributed by atoms with van der Waals surface area (Å²) in [7, 11) is 1.54. The van der Waals surface area contributed by atoms with Crippen LogP contribution >= 0.6 is 0 Å². The van der Waals surface area contributed by atoms with E-state index in [1.165, 1.54) is 0 Å². The maximum absolute atomic E-state index is 13.4. The molecule has 1 aliphatic heterocycles. The summed E-state index contributed by atoms with van der Waals surface area (Å²) < 4.78 is 32.1. The molecule has 0 saturated carbocycles. The highest BCUT2D eigenvalue weighted by Gasteiger charge is 2.34. The lowest BCUT2D eigenvalue weighted by atomic mass is 10.1. The molecule has 1 amide bonds. The van der Waals surface area contributed by atoms with Crippen molar-refractivity contribution in [1.29, 1.82) is 0 Å². The number of benzene rings is 2. The Morgan fingerprint density at radius 3 is 2.80 bits per heavy atom. The van der Waals surface area contributed by atoms with E-state index in [0.29, 0.717) is 41.1 Å². The van der Waals surface area contributed by atoms with Crippen LogP contribution in [0.2, 0.25) is 0 Å². The van der Waals surface area contributed by atoms with Crippen molar-refractivity contribution in [2.45, 2.75) is 32.2 Å². The van der Waals surface area contributed by atoms with Crippen LogP contribution in [-0.2, 0) is 4.79 Å². The van der Waals surface area contributed by atoms with Crippen LogP contribution in [0, 0.1) is 6.92 Å². The summed E-state index contributed by atoms with van der Waals surface area (Å²) in [4.78, 5) is 23.0. The number of aryl methyl sites for hydroxylation is 1. The lowest BCUT2D eigenvalue weighted by molar-refractivity contribution is -0.117. The highest BCUT2D eigenvalue weighted by Crippen LogP contribution is 2.33. The predicted molar refractivity (Wildman–Crippen MR) is 111 cm³/mol. The standard InChI is InChI=1S/C22H22F2N4O2/c1-13-9-10-18(30-2)16(12-13)26-22(29)17-8-5-11-28(17)21-14-6-3-4-7-15(14)25-20(27-21)19(23)24/h3-4,6-7,9-10,12,17,19H,5,8,11H2,1-2H3,(H,26,29). The van der Waals surface area contributed by atoms with E-state index in [2.05, 4.69) is 15.3 Å². The molecule has 0 bridgehead atoms. The molecule has 1 saturated heterocycles. The molecule has 8 heteroatoms. The Hall–Kier alpha value is -3.29. The van der Waals surface area contributed by atoms with Gasteiger partial charge in [-0.2, -0.15) is 0 Å². The molecule has 1 fully saturated rings. The van der Waals surface area contributed by atoms with Gasteiger partial charge < -0.3 is 15.0 Å². The van der Waals surface area contributed by atoms with Crippen LogP contribution in [0.25, 0.3) is 10.9 Å². The van der Waals surface area contributed by atoms with Gasteiger partial charge in [0.05, 0.1) is 18.3 Å². The topological polar surface area (TPSA) is 67.3 Å². The number of amides is 1. The molecule has 6 nitrogen and oxygen atoms in total. The zero-order chi connectivity index (χ0) is 21.3. The fourth-order valence-corrected chi connectivity index (χ4v) is 3.82. The number of carbonyl (C=O) groups excluding carboxylic acids is 1. The van der Waals surface area contributed by atoms with Gasteiger partial charge in [-0.3, -0.25) is 4.79 Å². The number of halogens is 2. The van der Waals surface area contributed by atoms with Crippen LogP contribution in [0.1, 0.15) is 30.7 Å². The molecule has 1 aliphatic rings. The van der Waals surface area contributed by atoms with Gasteiger partial charge in [0.1, 0.15) is 17.6 Å². The van der Waals surface area contributed by atoms with Gasteiger partial charge in [-0.15, -0.1) is 0 Å². The fraction of sp³-hybridized carbons (Fsp3) is 0.318. The number of para-hydroxylation sites is 1. The first-order valence-corrected chi connectivity index (χ1v) is 9.75. The van der Waals surface area contributed by atoms with E-state index in [1.807, 2.05) is 19.1 Å². The Morgan fingerprint density at radius 2 is 2.03 bits per heavy atom. The number of aromatic nitrogens is 2. The monoisotopic (exact) mass is 412 g/mol. The molecule has 2 aromatic carbocycles. The van der Waals surface area contributed by atoms with E-state index in [0.717, 1.165) is 12.0 Å². The summed E-state index contributed by atoms with van der Waals surface area (Å²) in [6.07, 6.45) is -1.44. The quantitative estimate of drug-likeness (QED) is 0.669. The molecule has 3 aromatic rings. The van der Waals surface area contributed by atoms with Crippen molar-refractivity contribution in [2.75, 3.05) is 23.9 Å². The molecule has 0 radical (unpaired) electrons. The van der Waals surface area contributed by atoms with E-state index >= 15 is 0 Å². The smallest absolute Gasteiger partial charge is 0.297 e. The molecule has 0 aliphatic carbocycles. The molecular formula is C22H22F2N4O2. The molecule has 30 heavy (non-hydrogen) atoms. The van der Waals surface area contributed by atoms with Crippen LogP contribution in [0.5, 0.6) is 5.75 Å². The highest BCUT2D eigenvalue weighted by molar-refractivity contribution is 6.00. The van der Waals surface area contributed by atoms with Crippen molar-refractivity contribution in [2.24, 2.45) is 0 Å². The van der Waals surface area contributed by atoms with Crippen molar-refractivity contribution in [3.8, 4) is 5.75 Å². The predicted octanol–water partition coefficient (Wildman–Crippen LogP) is 4.49. The Labute approximate surface area is 172 Å². The van der Waals surface area contributed by atoms with Gasteiger partial charge in [0.2, 0.25) is 5.91 Å². The first-order chi connectivity index (χ1) is 14.5. The second-order valence-corrected chi connectivity index (χ2v) is 7.27. The third kappa shape index (κ3) is 3.77. The van der Waals surface area contributed by atoms with Crippen LogP contribution in [0.15, 0.2) is 42.5 Å². The van der Waals surface area contributed by atoms with Gasteiger partial charge in [0.25, 0.3) is 6.43 Å². The fourth-order valence-electron chi connectivity index (χ4n) is 3.82. The molecule has 2 heterocycles. The molecule has 1 N–H and O–H groups in total. The third-order valence-corrected chi connectivity index (χ3v) is 5.24. The summed E-state index contributed by atoms with van der Waals surface area (Å²) in [5.74, 6) is 0.170. The van der Waals surface area contributed by atoms with Gasteiger partial charge in [0.15, 0.2) is 5.82 Å². The molecule has 4 rings (SSSR count). The summed E-state index contributed by atoms with van der Waals surface area (Å²) >= 11 is 0. The van der Waals surface area contributed by atoms with E-state index in [4.69, 9.17) is 4.74 Å². The third-order valence-electron chi connectivity index (χ3n) is 5.24. The number of ether oxygens (including phenoxy) is 1. The minimum Gasteiger partial charge on any atom is -0.495 e. The number of rotatable bonds is 5. The average molecular weight is 412 g/mol. The number of alkyl halides is 2. The average Bonchev–Trinajstić information content (AvgIpc) is 3.23. The number of hydrogen-bond acceptors (Lipinski definition) is 5. The summed E-state index contributed by atoms with van der Waals surface area (Å²) in [5, 5.41) is 3.58. The molecule has 1 aromatic heterocycles. The van der Waals surface area contributed by atoms with E-state index in [1.54, 1.807) is 42.3 Å². The van der Waals surface area contributed by atoms with Crippen LogP contribution in [0.4, 0.5) is 20.3 Å². The lowest BCUT2D eigenvalue weighted by Crippen LogP contribution is -2.40. The van der Waals surface area contributed by atoms with Gasteiger partial charge >= 0.3 is 0 Å². The largest absolute Gasteiger partial charge is 0.495 e. The van der Waals surface area contributed by atoms with Gasteiger partial charge in [-0.1, -0.05) is 18.2 Å². The first-order valence-electron chi connectivity index (χ1n) is 9.75. The highest BCUT2D eigenvalue weighted by atomic mass is 19.3. The molecule has 156 valence electrons. The van der Waals surface area contributed by atoms with E-state index in [9.17, 15) is 13.6 Å². The lowest BCUT2D eigenvalue weighted by Gasteiger charge is -2.26. The van der Waals surface area contributed by atoms with Crippen LogP contribution in [0.3, 0.4) is 0 Å². The van der Waals surface area contributed by atoms with Gasteiger partial charge in [-0.05, 0) is 49.6 Å². The Balaban J connectivity index is 1.69. The number of nitrogens with zero attached hydrogens (tertiary/aromatic N) is 3. The van der Waals surface area contributed by atoms with E-state index < -0.39 is 18.3 Å². The second kappa shape index (κ2) is 8.22. The molecule has 0 spiro atoms. The van der Waals surface area contributed by atoms with Crippen LogP contribution < -0.4 is 15.0 Å². The van der Waals surface area contributed by atoms with Gasteiger partial charge in [-0.25, -0.2) is 18.7 Å². The summed E-state index contributed by atoms with van der Waals surface area (Å²) in [6, 6.07) is 12.0. The summed E-state index contributed by atoms with van der Waals surface area (Å²) in [6.45, 7) is 2.47. The van der Waals surface area contributed by atoms with Gasteiger partial charge in [0, 0.05) is 11.9 Å². The Bertz CT molecular complexity index is 1090. The Morgan fingerprint density at radius 1 is 1.23 bits per heavy atom. The number of methoxy groups -OCH3 is 1. The van der Waals surface area contributed by atoms with Crippen molar-refractivity contribution in [3.05, 3.63) is 53.9 Å². The number of hydrogen-bond donors (Lipinski definition) is 1. The number of fused-ring (bicyclic) bond motifs is 1. The SMILES string of the molecule is COc1ccc(C)cc1NC(=O)C1CCCN1c1nc(C(F)F)nc2ccccc12. The number of anilines is 2. The number of nitrogens with one attached hydrogen (secondary N) is 1. The molecular weight excluding hydrogens is 390 g/mol. The van der Waals surface area contributed by atoms with Crippen molar-refractivity contribution in [3.63, 3.8) is 0 Å².